The minimum atomic E-state index is -0.697. The molecule has 1 heterocycles. The van der Waals surface area contributed by atoms with Gasteiger partial charge in [0.2, 0.25) is 0 Å². The molecule has 1 saturated carbocycles. The molecule has 7 heteroatoms. The minimum absolute atomic E-state index is 0.0472. The fraction of sp³-hybridized carbons (Fsp3) is 0.385. The van der Waals surface area contributed by atoms with E-state index >= 15 is 0 Å². The molecule has 2 aliphatic rings. The summed E-state index contributed by atoms with van der Waals surface area (Å²) in [7, 11) is 1.48. The van der Waals surface area contributed by atoms with Crippen LogP contribution in [0, 0.1) is 0 Å². The van der Waals surface area contributed by atoms with Crippen LogP contribution in [0.5, 0.6) is 11.5 Å². The second kappa shape index (κ2) is 9.87. The molecule has 4 rings (SSSR count). The first-order chi connectivity index (χ1) is 16.0. The predicted molar refractivity (Wildman–Crippen MR) is 127 cm³/mol. The van der Waals surface area contributed by atoms with E-state index < -0.39 is 17.7 Å². The maximum absolute atomic E-state index is 13.3. The van der Waals surface area contributed by atoms with Crippen LogP contribution in [0.2, 0.25) is 5.02 Å². The van der Waals surface area contributed by atoms with E-state index in [0.29, 0.717) is 17.4 Å². The molecule has 1 N–H and O–H groups in total. The Hall–Kier alpha value is -2.99. The van der Waals surface area contributed by atoms with E-state index in [4.69, 9.17) is 21.1 Å². The number of likely N-dealkylation sites (tertiary alicyclic amines) is 1. The lowest BCUT2D eigenvalue weighted by molar-refractivity contribution is -0.141. The Bertz CT molecular complexity index is 1070. The molecule has 2 fully saturated rings. The van der Waals surface area contributed by atoms with Crippen LogP contribution in [0.1, 0.15) is 56.2 Å². The van der Waals surface area contributed by atoms with E-state index in [1.807, 2.05) is 31.2 Å². The number of carbonyl (C=O) groups is 2. The summed E-state index contributed by atoms with van der Waals surface area (Å²) in [5.74, 6) is -0.482. The van der Waals surface area contributed by atoms with Gasteiger partial charge in [-0.3, -0.25) is 9.59 Å². The highest BCUT2D eigenvalue weighted by molar-refractivity contribution is 6.46. The van der Waals surface area contributed by atoms with Crippen molar-refractivity contribution < 1.29 is 24.2 Å². The van der Waals surface area contributed by atoms with E-state index in [2.05, 4.69) is 0 Å². The summed E-state index contributed by atoms with van der Waals surface area (Å²) in [4.78, 5) is 28.1. The largest absolute Gasteiger partial charge is 0.507 e. The molecule has 2 aromatic rings. The van der Waals surface area contributed by atoms with Crippen LogP contribution in [0.4, 0.5) is 0 Å². The molecule has 1 aliphatic heterocycles. The molecule has 1 atom stereocenters. The summed E-state index contributed by atoms with van der Waals surface area (Å²) in [5, 5.41) is 11.7. The first kappa shape index (κ1) is 23.2. The quantitative estimate of drug-likeness (QED) is 0.329. The van der Waals surface area contributed by atoms with Gasteiger partial charge in [0.1, 0.15) is 17.3 Å². The number of hydrogen-bond acceptors (Lipinski definition) is 5. The molecule has 1 unspecified atom stereocenters. The second-order valence-electron chi connectivity index (χ2n) is 8.41. The highest BCUT2D eigenvalue weighted by atomic mass is 35.5. The summed E-state index contributed by atoms with van der Waals surface area (Å²) < 4.78 is 11.1. The lowest BCUT2D eigenvalue weighted by Gasteiger charge is -2.31. The van der Waals surface area contributed by atoms with Gasteiger partial charge in [-0.05, 0) is 55.2 Å². The Morgan fingerprint density at radius 2 is 1.82 bits per heavy atom. The number of ether oxygens (including phenoxy) is 2. The van der Waals surface area contributed by atoms with Crippen molar-refractivity contribution >= 4 is 29.1 Å². The zero-order valence-corrected chi connectivity index (χ0v) is 19.6. The van der Waals surface area contributed by atoms with Crippen molar-refractivity contribution in [2.24, 2.45) is 0 Å². The van der Waals surface area contributed by atoms with Crippen molar-refractivity contribution in [2.45, 2.75) is 51.1 Å². The maximum Gasteiger partial charge on any atom is 0.295 e. The molecule has 2 aromatic carbocycles. The number of aliphatic hydroxyl groups is 1. The standard InChI is InChI=1S/C26H28ClNO5/c1-3-14-33-19-11-8-16(9-12-19)23-22(24(29)20-15-17(27)10-13-21(20)32-2)25(30)26(31)28(23)18-6-4-5-7-18/h8-13,15,18,23,29H,3-7,14H2,1-2H3/b24-22+. The highest BCUT2D eigenvalue weighted by Crippen LogP contribution is 2.44. The normalized spacial score (nSPS) is 20.5. The number of nitrogens with zero attached hydrogens (tertiary/aromatic N) is 1. The van der Waals surface area contributed by atoms with Gasteiger partial charge >= 0.3 is 0 Å². The van der Waals surface area contributed by atoms with Crippen molar-refractivity contribution in [3.8, 4) is 11.5 Å². The molecular formula is C26H28ClNO5. The second-order valence-corrected chi connectivity index (χ2v) is 8.84. The van der Waals surface area contributed by atoms with Crippen LogP contribution in [0.3, 0.4) is 0 Å². The van der Waals surface area contributed by atoms with Gasteiger partial charge in [0.15, 0.2) is 0 Å². The van der Waals surface area contributed by atoms with Gasteiger partial charge < -0.3 is 19.5 Å². The van der Waals surface area contributed by atoms with Crippen molar-refractivity contribution in [1.29, 1.82) is 0 Å². The monoisotopic (exact) mass is 469 g/mol. The molecule has 1 saturated heterocycles. The maximum atomic E-state index is 13.3. The van der Waals surface area contributed by atoms with Crippen LogP contribution in [0.15, 0.2) is 48.0 Å². The average molecular weight is 470 g/mol. The van der Waals surface area contributed by atoms with Crippen molar-refractivity contribution in [1.82, 2.24) is 4.90 Å². The molecule has 0 bridgehead atoms. The number of rotatable bonds is 7. The average Bonchev–Trinajstić information content (AvgIpc) is 3.44. The molecule has 0 aromatic heterocycles. The number of benzene rings is 2. The van der Waals surface area contributed by atoms with Crippen LogP contribution in [-0.2, 0) is 9.59 Å². The number of ketones is 1. The number of methoxy groups -OCH3 is 1. The van der Waals surface area contributed by atoms with Gasteiger partial charge in [-0.25, -0.2) is 0 Å². The Balaban J connectivity index is 1.85. The van der Waals surface area contributed by atoms with Gasteiger partial charge in [-0.2, -0.15) is 0 Å². The van der Waals surface area contributed by atoms with Gasteiger partial charge in [0.25, 0.3) is 11.7 Å². The third-order valence-corrected chi connectivity index (χ3v) is 6.52. The van der Waals surface area contributed by atoms with Crippen LogP contribution in [-0.4, -0.2) is 41.5 Å². The zero-order valence-electron chi connectivity index (χ0n) is 18.8. The first-order valence-corrected chi connectivity index (χ1v) is 11.7. The summed E-state index contributed by atoms with van der Waals surface area (Å²) in [6, 6.07) is 11.4. The Morgan fingerprint density at radius 1 is 1.12 bits per heavy atom. The first-order valence-electron chi connectivity index (χ1n) is 11.3. The molecule has 1 amide bonds. The summed E-state index contributed by atoms with van der Waals surface area (Å²) in [6.07, 6.45) is 4.58. The van der Waals surface area contributed by atoms with E-state index in [9.17, 15) is 14.7 Å². The summed E-state index contributed by atoms with van der Waals surface area (Å²) >= 11 is 6.17. The highest BCUT2D eigenvalue weighted by Gasteiger charge is 2.49. The topological polar surface area (TPSA) is 76.1 Å². The molecule has 0 radical (unpaired) electrons. The van der Waals surface area contributed by atoms with E-state index in [1.165, 1.54) is 13.2 Å². The Morgan fingerprint density at radius 3 is 2.45 bits per heavy atom. The summed E-state index contributed by atoms with van der Waals surface area (Å²) in [6.45, 7) is 2.64. The SMILES string of the molecule is CCCOc1ccc(C2/C(=C(\O)c3cc(Cl)ccc3OC)C(=O)C(=O)N2C2CCCC2)cc1. The predicted octanol–water partition coefficient (Wildman–Crippen LogP) is 5.50. The van der Waals surface area contributed by atoms with Crippen LogP contribution < -0.4 is 9.47 Å². The zero-order chi connectivity index (χ0) is 23.5. The molecule has 174 valence electrons. The van der Waals surface area contributed by atoms with Gasteiger partial charge in [0, 0.05) is 11.1 Å². The van der Waals surface area contributed by atoms with Crippen molar-refractivity contribution in [3.05, 3.63) is 64.2 Å². The van der Waals surface area contributed by atoms with E-state index in [-0.39, 0.29) is 22.9 Å². The Kier molecular flexibility index (Phi) is 6.94. The lowest BCUT2D eigenvalue weighted by Crippen LogP contribution is -2.37. The molecule has 33 heavy (non-hydrogen) atoms. The van der Waals surface area contributed by atoms with Crippen molar-refractivity contribution in [2.75, 3.05) is 13.7 Å². The van der Waals surface area contributed by atoms with Crippen molar-refractivity contribution in [3.63, 3.8) is 0 Å². The number of aliphatic hydroxyl groups excluding tert-OH is 1. The van der Waals surface area contributed by atoms with Crippen LogP contribution >= 0.6 is 11.6 Å². The molecule has 0 spiro atoms. The number of hydrogen-bond donors (Lipinski definition) is 1. The lowest BCUT2D eigenvalue weighted by atomic mass is 9.94. The third kappa shape index (κ3) is 4.44. The molecular weight excluding hydrogens is 442 g/mol. The number of Topliss-reactive ketones (excluding diaryl/α,β-unsaturated/α-hetero) is 1. The van der Waals surface area contributed by atoms with E-state index in [1.54, 1.807) is 17.0 Å². The smallest absolute Gasteiger partial charge is 0.295 e. The number of amides is 1. The van der Waals surface area contributed by atoms with Gasteiger partial charge in [0.05, 0.1) is 30.9 Å². The number of carbonyl (C=O) groups excluding carboxylic acids is 2. The Labute approximate surface area is 198 Å². The molecule has 6 nitrogen and oxygen atoms in total. The third-order valence-electron chi connectivity index (χ3n) is 6.28. The number of halogens is 1. The van der Waals surface area contributed by atoms with E-state index in [0.717, 1.165) is 43.4 Å². The fourth-order valence-corrected chi connectivity index (χ4v) is 4.89. The van der Waals surface area contributed by atoms with Gasteiger partial charge in [-0.15, -0.1) is 0 Å². The fourth-order valence-electron chi connectivity index (χ4n) is 4.71. The summed E-state index contributed by atoms with van der Waals surface area (Å²) in [5.41, 5.74) is 1.07. The molecule has 1 aliphatic carbocycles. The van der Waals surface area contributed by atoms with Gasteiger partial charge in [-0.1, -0.05) is 43.5 Å². The van der Waals surface area contributed by atoms with Crippen LogP contribution in [0.25, 0.3) is 5.76 Å². The minimum Gasteiger partial charge on any atom is -0.507 e.